The van der Waals surface area contributed by atoms with Gasteiger partial charge in [0.1, 0.15) is 5.78 Å². The van der Waals surface area contributed by atoms with Crippen LogP contribution in [0, 0.1) is 46.3 Å². The first kappa shape index (κ1) is 18.0. The Morgan fingerprint density at radius 2 is 1.76 bits per heavy atom. The highest BCUT2D eigenvalue weighted by atomic mass is 16.3. The maximum atomic E-state index is 13.4. The van der Waals surface area contributed by atoms with Gasteiger partial charge < -0.3 is 10.2 Å². The molecule has 4 fully saturated rings. The summed E-state index contributed by atoms with van der Waals surface area (Å²) < 4.78 is 0. The van der Waals surface area contributed by atoms with Crippen molar-refractivity contribution in [1.82, 2.24) is 0 Å². The van der Waals surface area contributed by atoms with Gasteiger partial charge in [-0.15, -0.1) is 0 Å². The molecule has 0 aliphatic heterocycles. The van der Waals surface area contributed by atoms with Crippen molar-refractivity contribution >= 4 is 5.78 Å². The van der Waals surface area contributed by atoms with E-state index in [-0.39, 0.29) is 29.0 Å². The van der Waals surface area contributed by atoms with Gasteiger partial charge in [-0.3, -0.25) is 4.79 Å². The van der Waals surface area contributed by atoms with Crippen molar-refractivity contribution in [2.75, 3.05) is 0 Å². The number of rotatable bonds is 1. The fraction of sp³-hybridized carbons (Fsp3) is 0.955. The number of carbonyl (C=O) groups is 1. The lowest BCUT2D eigenvalue weighted by Gasteiger charge is -2.61. The molecule has 0 bridgehead atoms. The molecule has 2 N–H and O–H groups in total. The van der Waals surface area contributed by atoms with E-state index >= 15 is 0 Å². The lowest BCUT2D eigenvalue weighted by atomic mass is 9.43. The van der Waals surface area contributed by atoms with Crippen molar-refractivity contribution in [1.29, 1.82) is 0 Å². The molecule has 0 aromatic rings. The third-order valence-corrected chi connectivity index (χ3v) is 9.39. The van der Waals surface area contributed by atoms with E-state index in [1.165, 1.54) is 0 Å². The third-order valence-electron chi connectivity index (χ3n) is 9.39. The molecule has 0 heterocycles. The van der Waals surface area contributed by atoms with Crippen LogP contribution in [0.5, 0.6) is 0 Å². The summed E-state index contributed by atoms with van der Waals surface area (Å²) in [6.45, 7) is 9.10. The molecular formula is C22H36O3. The van der Waals surface area contributed by atoms with E-state index in [2.05, 4.69) is 27.7 Å². The highest BCUT2D eigenvalue weighted by molar-refractivity contribution is 5.87. The zero-order valence-electron chi connectivity index (χ0n) is 16.4. The summed E-state index contributed by atoms with van der Waals surface area (Å²) in [5.41, 5.74) is -0.107. The predicted octanol–water partition coefficient (Wildman–Crippen LogP) is 3.81. The Morgan fingerprint density at radius 1 is 1.04 bits per heavy atom. The average Bonchev–Trinajstić information content (AvgIpc) is 2.89. The van der Waals surface area contributed by atoms with Gasteiger partial charge in [0.05, 0.1) is 12.2 Å². The number of aliphatic hydroxyl groups excluding tert-OH is 2. The molecule has 0 saturated heterocycles. The van der Waals surface area contributed by atoms with E-state index in [0.717, 1.165) is 38.5 Å². The van der Waals surface area contributed by atoms with Crippen LogP contribution in [0.2, 0.25) is 0 Å². The third kappa shape index (κ3) is 2.34. The summed E-state index contributed by atoms with van der Waals surface area (Å²) in [5, 5.41) is 21.3. The molecule has 0 spiro atoms. The largest absolute Gasteiger partial charge is 0.393 e. The van der Waals surface area contributed by atoms with E-state index in [4.69, 9.17) is 0 Å². The van der Waals surface area contributed by atoms with Crippen molar-refractivity contribution in [3.05, 3.63) is 0 Å². The van der Waals surface area contributed by atoms with Crippen LogP contribution in [-0.2, 0) is 4.79 Å². The Balaban J connectivity index is 1.71. The van der Waals surface area contributed by atoms with Crippen LogP contribution in [0.15, 0.2) is 0 Å². The van der Waals surface area contributed by atoms with Gasteiger partial charge >= 0.3 is 0 Å². The van der Waals surface area contributed by atoms with Gasteiger partial charge in [-0.05, 0) is 79.4 Å². The highest BCUT2D eigenvalue weighted by Gasteiger charge is 2.65. The van der Waals surface area contributed by atoms with E-state index < -0.39 is 0 Å². The number of hydrogen-bond donors (Lipinski definition) is 2. The Morgan fingerprint density at radius 3 is 2.44 bits per heavy atom. The topological polar surface area (TPSA) is 57.5 Å². The second-order valence-corrected chi connectivity index (χ2v) is 10.6. The first-order valence-electron chi connectivity index (χ1n) is 10.6. The maximum absolute atomic E-state index is 13.4. The smallest absolute Gasteiger partial charge is 0.139 e. The molecule has 25 heavy (non-hydrogen) atoms. The number of ketones is 1. The minimum Gasteiger partial charge on any atom is -0.393 e. The summed E-state index contributed by atoms with van der Waals surface area (Å²) in [5.74, 6) is 2.78. The van der Waals surface area contributed by atoms with Crippen molar-refractivity contribution in [2.45, 2.75) is 84.8 Å². The molecule has 4 saturated carbocycles. The van der Waals surface area contributed by atoms with E-state index in [1.54, 1.807) is 0 Å². The minimum absolute atomic E-state index is 0.121. The van der Waals surface area contributed by atoms with Crippen LogP contribution in [0.4, 0.5) is 0 Å². The van der Waals surface area contributed by atoms with Gasteiger partial charge in [-0.25, -0.2) is 0 Å². The van der Waals surface area contributed by atoms with Gasteiger partial charge in [0.25, 0.3) is 0 Å². The fourth-order valence-corrected chi connectivity index (χ4v) is 8.01. The van der Waals surface area contributed by atoms with Crippen molar-refractivity contribution in [3.63, 3.8) is 0 Å². The van der Waals surface area contributed by atoms with Gasteiger partial charge in [0, 0.05) is 11.8 Å². The number of carbonyl (C=O) groups excluding carboxylic acids is 1. The SMILES string of the molecule is CC(C)[C@H]1CC[C@H]2C3C(O)CC4C[C@H](O)CC[C@]4(C)[C@H]3CC(=O)[C@]12C. The monoisotopic (exact) mass is 348 g/mol. The molecule has 3 nitrogen and oxygen atoms in total. The summed E-state index contributed by atoms with van der Waals surface area (Å²) in [6, 6.07) is 0. The van der Waals surface area contributed by atoms with Crippen molar-refractivity contribution in [2.24, 2.45) is 46.3 Å². The molecule has 0 radical (unpaired) electrons. The number of hydrogen-bond acceptors (Lipinski definition) is 3. The Hall–Kier alpha value is -0.410. The maximum Gasteiger partial charge on any atom is 0.139 e. The van der Waals surface area contributed by atoms with Gasteiger partial charge in [0.15, 0.2) is 0 Å². The zero-order chi connectivity index (χ0) is 18.1. The molecule has 142 valence electrons. The minimum atomic E-state index is -0.295. The molecule has 0 aromatic heterocycles. The lowest BCUT2D eigenvalue weighted by Crippen LogP contribution is -2.61. The molecule has 4 aliphatic rings. The zero-order valence-corrected chi connectivity index (χ0v) is 16.4. The van der Waals surface area contributed by atoms with Crippen LogP contribution in [-0.4, -0.2) is 28.2 Å². The van der Waals surface area contributed by atoms with E-state index in [1.807, 2.05) is 0 Å². The number of fused-ring (bicyclic) bond motifs is 5. The van der Waals surface area contributed by atoms with Gasteiger partial charge in [-0.2, -0.15) is 0 Å². The van der Waals surface area contributed by atoms with Crippen LogP contribution >= 0.6 is 0 Å². The molecule has 4 aliphatic carbocycles. The molecule has 3 heteroatoms. The van der Waals surface area contributed by atoms with Crippen molar-refractivity contribution in [3.8, 4) is 0 Å². The van der Waals surface area contributed by atoms with Gasteiger partial charge in [0.2, 0.25) is 0 Å². The fourth-order valence-electron chi connectivity index (χ4n) is 8.01. The normalized spacial score (nSPS) is 55.6. The quantitative estimate of drug-likeness (QED) is 0.757. The predicted molar refractivity (Wildman–Crippen MR) is 97.8 cm³/mol. The first-order chi connectivity index (χ1) is 11.7. The summed E-state index contributed by atoms with van der Waals surface area (Å²) in [4.78, 5) is 13.4. The number of aliphatic hydroxyl groups is 2. The molecule has 3 unspecified atom stereocenters. The molecule has 4 rings (SSSR count). The molecular weight excluding hydrogens is 312 g/mol. The van der Waals surface area contributed by atoms with Crippen LogP contribution in [0.25, 0.3) is 0 Å². The Kier molecular flexibility index (Phi) is 4.16. The van der Waals surface area contributed by atoms with Gasteiger partial charge in [-0.1, -0.05) is 27.7 Å². The number of Topliss-reactive ketones (excluding diaryl/α,β-unsaturated/α-hetero) is 1. The molecule has 0 amide bonds. The van der Waals surface area contributed by atoms with Crippen LogP contribution in [0.1, 0.15) is 72.6 Å². The average molecular weight is 349 g/mol. The van der Waals surface area contributed by atoms with Crippen molar-refractivity contribution < 1.29 is 15.0 Å². The van der Waals surface area contributed by atoms with Crippen LogP contribution < -0.4 is 0 Å². The highest BCUT2D eigenvalue weighted by Crippen LogP contribution is 2.67. The lowest BCUT2D eigenvalue weighted by molar-refractivity contribution is -0.181. The Labute approximate surface area is 152 Å². The summed E-state index contributed by atoms with van der Waals surface area (Å²) >= 11 is 0. The van der Waals surface area contributed by atoms with E-state index in [9.17, 15) is 15.0 Å². The second kappa shape index (κ2) is 5.79. The Bertz CT molecular complexity index is 557. The summed E-state index contributed by atoms with van der Waals surface area (Å²) in [6.07, 6.45) is 5.88. The molecule has 9 atom stereocenters. The second-order valence-electron chi connectivity index (χ2n) is 10.6. The summed E-state index contributed by atoms with van der Waals surface area (Å²) in [7, 11) is 0. The first-order valence-corrected chi connectivity index (χ1v) is 10.6. The van der Waals surface area contributed by atoms with Crippen LogP contribution in [0.3, 0.4) is 0 Å². The molecule has 0 aromatic carbocycles. The standard InChI is InChI=1S/C22H36O3/c1-12(2)15-5-6-16-20-17(11-19(25)22(15,16)4)21(3)8-7-14(23)9-13(21)10-18(20)24/h12-18,20,23-24H,5-11H2,1-4H3/t13?,14-,15-,16+,17+,18?,20?,21+,22-/m1/s1. The van der Waals surface area contributed by atoms with E-state index in [0.29, 0.717) is 41.8 Å².